The van der Waals surface area contributed by atoms with Crippen molar-refractivity contribution in [2.45, 2.75) is 32.1 Å². The zero-order valence-corrected chi connectivity index (χ0v) is 16.1. The van der Waals surface area contributed by atoms with Crippen molar-refractivity contribution in [1.29, 1.82) is 0 Å². The van der Waals surface area contributed by atoms with Crippen molar-refractivity contribution in [2.24, 2.45) is 5.92 Å². The van der Waals surface area contributed by atoms with Crippen molar-refractivity contribution < 1.29 is 14.3 Å². The highest BCUT2D eigenvalue weighted by Gasteiger charge is 2.28. The number of esters is 1. The first-order valence-electron chi connectivity index (χ1n) is 9.01. The Hall–Kier alpha value is -2.02. The largest absolute Gasteiger partial charge is 0.466 e. The molecule has 140 valence electrons. The number of fused-ring (bicyclic) bond motifs is 1. The lowest BCUT2D eigenvalue weighted by Crippen LogP contribution is -2.42. The number of thioether (sulfide) groups is 1. The van der Waals surface area contributed by atoms with Gasteiger partial charge in [0.2, 0.25) is 5.91 Å². The van der Waals surface area contributed by atoms with Gasteiger partial charge in [0.1, 0.15) is 12.4 Å². The van der Waals surface area contributed by atoms with Crippen LogP contribution in [-0.2, 0) is 26.6 Å². The van der Waals surface area contributed by atoms with Gasteiger partial charge >= 0.3 is 5.97 Å². The Labute approximate surface area is 157 Å². The van der Waals surface area contributed by atoms with Gasteiger partial charge in [0.15, 0.2) is 0 Å². The minimum Gasteiger partial charge on any atom is -0.466 e. The van der Waals surface area contributed by atoms with Crippen molar-refractivity contribution >= 4 is 34.7 Å². The van der Waals surface area contributed by atoms with E-state index in [1.807, 2.05) is 46.9 Å². The SMILES string of the molecule is CCOC(=O)C1CCN(C(=O)Cn2c(CSC)nc3ccccc32)CC1. The standard InChI is InChI=1S/C19H25N3O3S/c1-3-25-19(24)14-8-10-21(11-9-14)18(23)12-22-16-7-5-4-6-15(16)20-17(22)13-26-2/h4-7,14H,3,8-13H2,1-2H3. The van der Waals surface area contributed by atoms with Crippen LogP contribution >= 0.6 is 11.8 Å². The Morgan fingerprint density at radius 2 is 2.00 bits per heavy atom. The molecule has 0 N–H and O–H groups in total. The fraction of sp³-hybridized carbons (Fsp3) is 0.526. The van der Waals surface area contributed by atoms with Gasteiger partial charge in [0.25, 0.3) is 0 Å². The summed E-state index contributed by atoms with van der Waals surface area (Å²) in [6.45, 7) is 3.72. The van der Waals surface area contributed by atoms with E-state index in [-0.39, 0.29) is 17.8 Å². The third-order valence-corrected chi connectivity index (χ3v) is 5.31. The lowest BCUT2D eigenvalue weighted by molar-refractivity contribution is -0.151. The van der Waals surface area contributed by atoms with Crippen LogP contribution in [0.25, 0.3) is 11.0 Å². The first-order chi connectivity index (χ1) is 12.6. The van der Waals surface area contributed by atoms with E-state index in [4.69, 9.17) is 4.74 Å². The molecule has 0 spiro atoms. The minimum atomic E-state index is -0.137. The second-order valence-corrected chi connectivity index (χ2v) is 7.31. The molecule has 2 heterocycles. The van der Waals surface area contributed by atoms with Gasteiger partial charge in [-0.2, -0.15) is 11.8 Å². The predicted octanol–water partition coefficient (Wildman–Crippen LogP) is 2.70. The summed E-state index contributed by atoms with van der Waals surface area (Å²) in [7, 11) is 0. The van der Waals surface area contributed by atoms with Crippen molar-refractivity contribution in [1.82, 2.24) is 14.5 Å². The molecule has 0 atom stereocenters. The molecular formula is C19H25N3O3S. The average molecular weight is 375 g/mol. The summed E-state index contributed by atoms with van der Waals surface area (Å²) < 4.78 is 7.12. The minimum absolute atomic E-state index is 0.0813. The molecule has 1 aromatic carbocycles. The van der Waals surface area contributed by atoms with E-state index in [2.05, 4.69) is 4.98 Å². The van der Waals surface area contributed by atoms with E-state index in [0.717, 1.165) is 22.6 Å². The molecule has 1 fully saturated rings. The number of hydrogen-bond acceptors (Lipinski definition) is 5. The van der Waals surface area contributed by atoms with E-state index in [1.165, 1.54) is 0 Å². The molecule has 0 bridgehead atoms. The van der Waals surface area contributed by atoms with Gasteiger partial charge in [-0.1, -0.05) is 12.1 Å². The van der Waals surface area contributed by atoms with Crippen molar-refractivity contribution in [3.05, 3.63) is 30.1 Å². The van der Waals surface area contributed by atoms with Crippen LogP contribution in [-0.4, -0.2) is 52.3 Å². The van der Waals surface area contributed by atoms with E-state index >= 15 is 0 Å². The number of likely N-dealkylation sites (tertiary alicyclic amines) is 1. The normalized spacial score (nSPS) is 15.4. The molecule has 0 unspecified atom stereocenters. The summed E-state index contributed by atoms with van der Waals surface area (Å²) in [6.07, 6.45) is 3.38. The van der Waals surface area contributed by atoms with Crippen LogP contribution in [0.5, 0.6) is 0 Å². The van der Waals surface area contributed by atoms with Gasteiger partial charge in [-0.05, 0) is 38.2 Å². The van der Waals surface area contributed by atoms with E-state index in [0.29, 0.717) is 39.1 Å². The van der Waals surface area contributed by atoms with Gasteiger partial charge in [-0.25, -0.2) is 4.98 Å². The third-order valence-electron chi connectivity index (χ3n) is 4.77. The summed E-state index contributed by atoms with van der Waals surface area (Å²) in [5, 5.41) is 0. The Morgan fingerprint density at radius 1 is 1.27 bits per heavy atom. The van der Waals surface area contributed by atoms with Crippen LogP contribution in [0.15, 0.2) is 24.3 Å². The molecule has 0 aliphatic carbocycles. The summed E-state index contributed by atoms with van der Waals surface area (Å²) in [5.41, 5.74) is 1.91. The van der Waals surface area contributed by atoms with Crippen LogP contribution in [0.1, 0.15) is 25.6 Å². The molecule has 7 heteroatoms. The van der Waals surface area contributed by atoms with Crippen LogP contribution < -0.4 is 0 Å². The molecule has 26 heavy (non-hydrogen) atoms. The number of carbonyl (C=O) groups is 2. The smallest absolute Gasteiger partial charge is 0.309 e. The maximum Gasteiger partial charge on any atom is 0.309 e. The highest BCUT2D eigenvalue weighted by Crippen LogP contribution is 2.22. The predicted molar refractivity (Wildman–Crippen MR) is 103 cm³/mol. The quantitative estimate of drug-likeness (QED) is 0.727. The lowest BCUT2D eigenvalue weighted by atomic mass is 9.97. The second kappa shape index (κ2) is 8.58. The fourth-order valence-electron chi connectivity index (χ4n) is 3.40. The Morgan fingerprint density at radius 3 is 2.69 bits per heavy atom. The molecule has 0 saturated carbocycles. The lowest BCUT2D eigenvalue weighted by Gasteiger charge is -2.31. The van der Waals surface area contributed by atoms with Gasteiger partial charge in [0.05, 0.1) is 29.3 Å². The van der Waals surface area contributed by atoms with E-state index in [9.17, 15) is 9.59 Å². The summed E-state index contributed by atoms with van der Waals surface area (Å²) in [4.78, 5) is 31.2. The molecular weight excluding hydrogens is 350 g/mol. The average Bonchev–Trinajstić information content (AvgIpc) is 3.00. The first kappa shape index (κ1) is 18.8. The number of nitrogens with zero attached hydrogens (tertiary/aromatic N) is 3. The second-order valence-electron chi connectivity index (χ2n) is 6.44. The van der Waals surface area contributed by atoms with Gasteiger partial charge in [-0.3, -0.25) is 9.59 Å². The summed E-state index contributed by atoms with van der Waals surface area (Å²) in [5.74, 6) is 1.56. The molecule has 3 rings (SSSR count). The molecule has 1 amide bonds. The monoisotopic (exact) mass is 375 g/mol. The highest BCUT2D eigenvalue weighted by atomic mass is 32.2. The number of piperidine rings is 1. The van der Waals surface area contributed by atoms with Crippen LogP contribution in [0.4, 0.5) is 0 Å². The van der Waals surface area contributed by atoms with Crippen molar-refractivity contribution in [3.63, 3.8) is 0 Å². The molecule has 2 aromatic rings. The molecule has 6 nitrogen and oxygen atoms in total. The summed E-state index contributed by atoms with van der Waals surface area (Å²) >= 11 is 1.70. The van der Waals surface area contributed by atoms with Crippen LogP contribution in [0, 0.1) is 5.92 Å². The van der Waals surface area contributed by atoms with Crippen LogP contribution in [0.2, 0.25) is 0 Å². The van der Waals surface area contributed by atoms with Crippen molar-refractivity contribution in [3.8, 4) is 0 Å². The Bertz CT molecular complexity index is 781. The zero-order valence-electron chi connectivity index (χ0n) is 15.3. The number of ether oxygens (including phenoxy) is 1. The number of carbonyl (C=O) groups excluding carboxylic acids is 2. The van der Waals surface area contributed by atoms with Crippen molar-refractivity contribution in [2.75, 3.05) is 26.0 Å². The number of imidazole rings is 1. The molecule has 0 radical (unpaired) electrons. The van der Waals surface area contributed by atoms with E-state index in [1.54, 1.807) is 11.8 Å². The number of amides is 1. The number of para-hydroxylation sites is 2. The number of hydrogen-bond donors (Lipinski definition) is 0. The van der Waals surface area contributed by atoms with Crippen LogP contribution in [0.3, 0.4) is 0 Å². The molecule has 1 aromatic heterocycles. The number of rotatable bonds is 6. The Balaban J connectivity index is 1.68. The third kappa shape index (κ3) is 4.03. The molecule has 1 aliphatic rings. The summed E-state index contributed by atoms with van der Waals surface area (Å²) in [6, 6.07) is 7.92. The highest BCUT2D eigenvalue weighted by molar-refractivity contribution is 7.97. The molecule has 1 aliphatic heterocycles. The van der Waals surface area contributed by atoms with Gasteiger partial charge in [-0.15, -0.1) is 0 Å². The molecule has 1 saturated heterocycles. The Kier molecular flexibility index (Phi) is 6.19. The maximum absolute atomic E-state index is 12.8. The van der Waals surface area contributed by atoms with Gasteiger partial charge < -0.3 is 14.2 Å². The maximum atomic E-state index is 12.8. The number of aromatic nitrogens is 2. The zero-order chi connectivity index (χ0) is 18.5. The topological polar surface area (TPSA) is 64.4 Å². The first-order valence-corrected chi connectivity index (χ1v) is 10.4. The van der Waals surface area contributed by atoms with Gasteiger partial charge in [0, 0.05) is 13.1 Å². The van der Waals surface area contributed by atoms with E-state index < -0.39 is 0 Å². The number of benzene rings is 1. The fourth-order valence-corrected chi connectivity index (χ4v) is 3.88.